The van der Waals surface area contributed by atoms with Gasteiger partial charge in [-0.15, -0.1) is 0 Å². The van der Waals surface area contributed by atoms with Gasteiger partial charge in [0.15, 0.2) is 5.78 Å². The van der Waals surface area contributed by atoms with E-state index in [4.69, 9.17) is 4.74 Å². The van der Waals surface area contributed by atoms with Crippen molar-refractivity contribution in [3.05, 3.63) is 17.7 Å². The molecule has 1 atom stereocenters. The zero-order valence-corrected chi connectivity index (χ0v) is 11.7. The Kier molecular flexibility index (Phi) is 3.57. The van der Waals surface area contributed by atoms with Crippen LogP contribution < -0.4 is 0 Å². The van der Waals surface area contributed by atoms with Gasteiger partial charge in [0.05, 0.1) is 18.2 Å². The molecule has 0 N–H and O–H groups in total. The highest BCUT2D eigenvalue weighted by atomic mass is 16.5. The summed E-state index contributed by atoms with van der Waals surface area (Å²) < 4.78 is 8.06. The Morgan fingerprint density at radius 1 is 1.61 bits per heavy atom. The minimum Gasteiger partial charge on any atom is -0.370 e. The molecule has 18 heavy (non-hydrogen) atoms. The molecule has 1 aliphatic rings. The monoisotopic (exact) mass is 250 g/mol. The Morgan fingerprint density at radius 2 is 2.33 bits per heavy atom. The van der Waals surface area contributed by atoms with Gasteiger partial charge in [0.2, 0.25) is 0 Å². The summed E-state index contributed by atoms with van der Waals surface area (Å²) in [7, 11) is 0. The first-order valence-corrected chi connectivity index (χ1v) is 6.66. The summed E-state index contributed by atoms with van der Waals surface area (Å²) in [5, 5.41) is 0. The normalized spacial score (nSPS) is 22.3. The number of hydrogen-bond acceptors (Lipinski definition) is 3. The summed E-state index contributed by atoms with van der Waals surface area (Å²) in [5.74, 6) is 0.990. The summed E-state index contributed by atoms with van der Waals surface area (Å²) in [5.41, 5.74) is 0.546. The van der Waals surface area contributed by atoms with Gasteiger partial charge in [-0.3, -0.25) is 4.79 Å². The van der Waals surface area contributed by atoms with Crippen molar-refractivity contribution in [2.75, 3.05) is 0 Å². The Hall–Kier alpha value is -1.16. The second-order valence-electron chi connectivity index (χ2n) is 5.64. The van der Waals surface area contributed by atoms with Crippen LogP contribution >= 0.6 is 0 Å². The van der Waals surface area contributed by atoms with E-state index in [0.717, 1.165) is 31.6 Å². The number of Topliss-reactive ketones (excluding diaryl/α,β-unsaturated/α-hetero) is 1. The number of imidazole rings is 1. The first-order chi connectivity index (χ1) is 8.41. The van der Waals surface area contributed by atoms with Crippen molar-refractivity contribution in [2.45, 2.75) is 65.2 Å². The molecule has 1 aromatic heterocycles. The van der Waals surface area contributed by atoms with Gasteiger partial charge in [0.25, 0.3) is 0 Å². The molecule has 1 saturated heterocycles. The molecule has 4 nitrogen and oxygen atoms in total. The van der Waals surface area contributed by atoms with Crippen molar-refractivity contribution in [2.24, 2.45) is 0 Å². The maximum Gasteiger partial charge on any atom is 0.179 e. The molecular formula is C14H22N2O2. The summed E-state index contributed by atoms with van der Waals surface area (Å²) in [6.45, 7) is 8.67. The van der Waals surface area contributed by atoms with Crippen LogP contribution in [0.25, 0.3) is 0 Å². The van der Waals surface area contributed by atoms with Crippen molar-refractivity contribution in [1.29, 1.82) is 0 Å². The van der Waals surface area contributed by atoms with Crippen LogP contribution in [-0.4, -0.2) is 27.0 Å². The number of aryl methyl sites for hydroxylation is 1. The van der Waals surface area contributed by atoms with Crippen LogP contribution in [0.4, 0.5) is 0 Å². The van der Waals surface area contributed by atoms with E-state index in [-0.39, 0.29) is 17.5 Å². The van der Waals surface area contributed by atoms with Crippen LogP contribution in [-0.2, 0) is 17.7 Å². The van der Waals surface area contributed by atoms with Crippen LogP contribution in [0.1, 0.15) is 56.8 Å². The molecule has 1 aliphatic heterocycles. The quantitative estimate of drug-likeness (QED) is 0.771. The standard InChI is InChI=1S/C14H22N2O2/c1-5-13-15-12(10(2)17)9-16(13)8-11-6-7-14(3,4)18-11/h9,11H,5-8H2,1-4H3. The van der Waals surface area contributed by atoms with Crippen LogP contribution in [0.15, 0.2) is 6.20 Å². The average Bonchev–Trinajstić information content (AvgIpc) is 2.82. The number of ether oxygens (including phenoxy) is 1. The third-order valence-electron chi connectivity index (χ3n) is 3.49. The van der Waals surface area contributed by atoms with Crippen LogP contribution in [0.3, 0.4) is 0 Å². The third-order valence-corrected chi connectivity index (χ3v) is 3.49. The van der Waals surface area contributed by atoms with Gasteiger partial charge in [-0.05, 0) is 26.7 Å². The smallest absolute Gasteiger partial charge is 0.179 e. The van der Waals surface area contributed by atoms with E-state index >= 15 is 0 Å². The molecule has 1 unspecified atom stereocenters. The predicted octanol–water partition coefficient (Wildman–Crippen LogP) is 2.61. The van der Waals surface area contributed by atoms with Crippen molar-refractivity contribution < 1.29 is 9.53 Å². The average molecular weight is 250 g/mol. The molecule has 0 aromatic carbocycles. The van der Waals surface area contributed by atoms with Gasteiger partial charge in [-0.2, -0.15) is 0 Å². The number of carbonyl (C=O) groups excluding carboxylic acids is 1. The predicted molar refractivity (Wildman–Crippen MR) is 69.8 cm³/mol. The molecule has 0 aliphatic carbocycles. The molecule has 100 valence electrons. The van der Waals surface area contributed by atoms with E-state index in [1.165, 1.54) is 0 Å². The molecule has 1 aromatic rings. The number of ketones is 1. The fourth-order valence-electron chi connectivity index (χ4n) is 2.49. The second-order valence-corrected chi connectivity index (χ2v) is 5.64. The Labute approximate surface area is 108 Å². The number of nitrogens with zero attached hydrogens (tertiary/aromatic N) is 2. The van der Waals surface area contributed by atoms with Crippen LogP contribution in [0, 0.1) is 0 Å². The maximum absolute atomic E-state index is 11.4. The minimum atomic E-state index is -0.0129. The lowest BCUT2D eigenvalue weighted by Gasteiger charge is -2.20. The molecule has 0 spiro atoms. The number of rotatable bonds is 4. The minimum absolute atomic E-state index is 0.0129. The molecule has 4 heteroatoms. The van der Waals surface area contributed by atoms with Crippen molar-refractivity contribution in [3.63, 3.8) is 0 Å². The first kappa shape index (κ1) is 13.3. The van der Waals surface area contributed by atoms with Gasteiger partial charge in [0.1, 0.15) is 11.5 Å². The van der Waals surface area contributed by atoms with E-state index in [0.29, 0.717) is 5.69 Å². The van der Waals surface area contributed by atoms with E-state index in [9.17, 15) is 4.79 Å². The van der Waals surface area contributed by atoms with Crippen molar-refractivity contribution in [3.8, 4) is 0 Å². The zero-order valence-electron chi connectivity index (χ0n) is 11.7. The van der Waals surface area contributed by atoms with Crippen molar-refractivity contribution >= 4 is 5.78 Å². The lowest BCUT2D eigenvalue weighted by Crippen LogP contribution is -2.23. The van der Waals surface area contributed by atoms with E-state index < -0.39 is 0 Å². The molecule has 0 amide bonds. The highest BCUT2D eigenvalue weighted by Gasteiger charge is 2.32. The van der Waals surface area contributed by atoms with Gasteiger partial charge in [-0.25, -0.2) is 4.98 Å². The fourth-order valence-corrected chi connectivity index (χ4v) is 2.49. The fraction of sp³-hybridized carbons (Fsp3) is 0.714. The molecular weight excluding hydrogens is 228 g/mol. The lowest BCUT2D eigenvalue weighted by atomic mass is 10.1. The van der Waals surface area contributed by atoms with Gasteiger partial charge in [0, 0.05) is 19.5 Å². The van der Waals surface area contributed by atoms with Crippen LogP contribution in [0.5, 0.6) is 0 Å². The van der Waals surface area contributed by atoms with Gasteiger partial charge < -0.3 is 9.30 Å². The van der Waals surface area contributed by atoms with Crippen molar-refractivity contribution in [1.82, 2.24) is 9.55 Å². The molecule has 2 heterocycles. The first-order valence-electron chi connectivity index (χ1n) is 6.66. The second kappa shape index (κ2) is 4.84. The Balaban J connectivity index is 2.11. The van der Waals surface area contributed by atoms with Crippen LogP contribution in [0.2, 0.25) is 0 Å². The largest absolute Gasteiger partial charge is 0.370 e. The maximum atomic E-state index is 11.4. The van der Waals surface area contributed by atoms with E-state index in [1.54, 1.807) is 6.92 Å². The molecule has 1 fully saturated rings. The molecule has 0 saturated carbocycles. The third kappa shape index (κ3) is 2.80. The number of carbonyl (C=O) groups is 1. The molecule has 0 radical (unpaired) electrons. The van der Waals surface area contributed by atoms with Gasteiger partial charge >= 0.3 is 0 Å². The topological polar surface area (TPSA) is 44.1 Å². The lowest BCUT2D eigenvalue weighted by molar-refractivity contribution is -0.0219. The summed E-state index contributed by atoms with van der Waals surface area (Å²) >= 11 is 0. The van der Waals surface area contributed by atoms with E-state index in [2.05, 4.69) is 30.3 Å². The van der Waals surface area contributed by atoms with Gasteiger partial charge in [-0.1, -0.05) is 6.92 Å². The Bertz CT molecular complexity index is 449. The molecule has 2 rings (SSSR count). The summed E-state index contributed by atoms with van der Waals surface area (Å²) in [6, 6.07) is 0. The SMILES string of the molecule is CCc1nc(C(C)=O)cn1CC1CCC(C)(C)O1. The summed E-state index contributed by atoms with van der Waals surface area (Å²) in [6.07, 6.45) is 5.09. The number of aromatic nitrogens is 2. The Morgan fingerprint density at radius 3 is 2.83 bits per heavy atom. The zero-order chi connectivity index (χ0) is 13.3. The number of hydrogen-bond donors (Lipinski definition) is 0. The summed E-state index contributed by atoms with van der Waals surface area (Å²) in [4.78, 5) is 15.7. The highest BCUT2D eigenvalue weighted by Crippen LogP contribution is 2.30. The highest BCUT2D eigenvalue weighted by molar-refractivity contribution is 5.91. The molecule has 0 bridgehead atoms. The van der Waals surface area contributed by atoms with E-state index in [1.807, 2.05) is 6.20 Å².